The van der Waals surface area contributed by atoms with Gasteiger partial charge in [-0.15, -0.1) is 0 Å². The molecule has 0 N–H and O–H groups in total. The summed E-state index contributed by atoms with van der Waals surface area (Å²) in [6, 6.07) is 0. The standard InChI is InChI=1S/C18H26O5.C15H18O5/c1-8-10-6-11(12(7-10)16(20)23-18(3,4)5)13(8)14-9(2)15(19)22-17(14)21;1-5-7-3-8(12-9(7)4-19-14(12)17)10(5)11-6(2)13(16)20-15(11)18/h8-14H,6-7H2,1-5H3;5-12H,3-4H2,1-2H3. The molecule has 4 saturated carbocycles. The zero-order chi connectivity index (χ0) is 31.3. The SMILES string of the molecule is CC1C(=O)OC(=O)C1C1C(C)C2CC(C(=O)OC(C)(C)C)C1C2.CC1C(=O)OC(=O)C1C1C(C)C2CC1C1C(=O)OCC21. The molecule has 0 radical (unpaired) electrons. The fourth-order valence-corrected chi connectivity index (χ4v) is 10.5. The quantitative estimate of drug-likeness (QED) is 0.268. The Labute approximate surface area is 252 Å². The van der Waals surface area contributed by atoms with Crippen molar-refractivity contribution in [2.24, 2.45) is 88.8 Å². The molecule has 43 heavy (non-hydrogen) atoms. The van der Waals surface area contributed by atoms with E-state index in [1.54, 1.807) is 13.8 Å². The van der Waals surface area contributed by atoms with Crippen molar-refractivity contribution < 1.29 is 47.7 Å². The Balaban J connectivity index is 0.000000154. The molecule has 4 bridgehead atoms. The number of esters is 6. The minimum absolute atomic E-state index is 0.0419. The normalized spacial score (nSPS) is 47.7. The fraction of sp³-hybridized carbons (Fsp3) is 0.818. The van der Waals surface area contributed by atoms with Gasteiger partial charge in [0.15, 0.2) is 0 Å². The van der Waals surface area contributed by atoms with Crippen LogP contribution in [0.25, 0.3) is 0 Å². The van der Waals surface area contributed by atoms with E-state index in [-0.39, 0.29) is 59.3 Å². The van der Waals surface area contributed by atoms with Crippen LogP contribution in [0.15, 0.2) is 0 Å². The molecule has 10 nitrogen and oxygen atoms in total. The van der Waals surface area contributed by atoms with E-state index in [4.69, 9.17) is 18.9 Å². The Morgan fingerprint density at radius 1 is 0.651 bits per heavy atom. The van der Waals surface area contributed by atoms with Crippen LogP contribution in [0.2, 0.25) is 0 Å². The summed E-state index contributed by atoms with van der Waals surface area (Å²) >= 11 is 0. The summed E-state index contributed by atoms with van der Waals surface area (Å²) in [5.74, 6) is -1.39. The molecular formula is C33H44O10. The lowest BCUT2D eigenvalue weighted by molar-refractivity contribution is -0.165. The number of carbonyl (C=O) groups is 6. The first-order chi connectivity index (χ1) is 20.1. The lowest BCUT2D eigenvalue weighted by atomic mass is 9.64. The molecule has 0 aromatic heterocycles. The maximum atomic E-state index is 12.5. The van der Waals surface area contributed by atoms with Crippen LogP contribution < -0.4 is 0 Å². The van der Waals surface area contributed by atoms with E-state index in [9.17, 15) is 28.8 Å². The predicted octanol–water partition coefficient (Wildman–Crippen LogP) is 3.59. The largest absolute Gasteiger partial charge is 0.465 e. The molecule has 3 aliphatic heterocycles. The van der Waals surface area contributed by atoms with Crippen LogP contribution in [0.1, 0.15) is 67.7 Å². The van der Waals surface area contributed by atoms with Gasteiger partial charge < -0.3 is 18.9 Å². The molecule has 0 aromatic rings. The van der Waals surface area contributed by atoms with Crippen molar-refractivity contribution >= 4 is 35.8 Å². The lowest BCUT2D eigenvalue weighted by Gasteiger charge is -2.37. The third-order valence-corrected chi connectivity index (χ3v) is 12.3. The molecule has 236 valence electrons. The molecule has 7 fully saturated rings. The Kier molecular flexibility index (Phi) is 7.32. The Bertz CT molecular complexity index is 1250. The van der Waals surface area contributed by atoms with Crippen molar-refractivity contribution in [2.45, 2.75) is 73.3 Å². The lowest BCUT2D eigenvalue weighted by Crippen LogP contribution is -2.41. The highest BCUT2D eigenvalue weighted by Crippen LogP contribution is 2.63. The van der Waals surface area contributed by atoms with Crippen molar-refractivity contribution in [3.8, 4) is 0 Å². The van der Waals surface area contributed by atoms with E-state index in [1.807, 2.05) is 20.8 Å². The van der Waals surface area contributed by atoms with Gasteiger partial charge in [-0.2, -0.15) is 0 Å². The molecule has 15 atom stereocenters. The van der Waals surface area contributed by atoms with E-state index in [0.29, 0.717) is 36.2 Å². The van der Waals surface area contributed by atoms with Gasteiger partial charge >= 0.3 is 35.8 Å². The molecule has 3 saturated heterocycles. The molecule has 7 aliphatic rings. The maximum absolute atomic E-state index is 12.5. The van der Waals surface area contributed by atoms with Gasteiger partial charge in [0.05, 0.1) is 42.1 Å². The highest BCUT2D eigenvalue weighted by Gasteiger charge is 2.66. The van der Waals surface area contributed by atoms with E-state index in [0.717, 1.165) is 19.3 Å². The molecule has 0 aromatic carbocycles. The van der Waals surface area contributed by atoms with E-state index in [1.165, 1.54) is 0 Å². The number of rotatable bonds is 3. The van der Waals surface area contributed by atoms with Gasteiger partial charge in [-0.1, -0.05) is 27.7 Å². The predicted molar refractivity (Wildman–Crippen MR) is 148 cm³/mol. The van der Waals surface area contributed by atoms with E-state index < -0.39 is 41.3 Å². The molecular weight excluding hydrogens is 556 g/mol. The number of hydrogen-bond acceptors (Lipinski definition) is 10. The van der Waals surface area contributed by atoms with Crippen molar-refractivity contribution in [2.75, 3.05) is 6.61 Å². The number of carbonyl (C=O) groups excluding carboxylic acids is 6. The third-order valence-electron chi connectivity index (χ3n) is 12.3. The van der Waals surface area contributed by atoms with Gasteiger partial charge in [0.25, 0.3) is 0 Å². The number of cyclic esters (lactones) is 5. The van der Waals surface area contributed by atoms with Crippen LogP contribution in [-0.2, 0) is 47.7 Å². The Morgan fingerprint density at radius 3 is 1.70 bits per heavy atom. The molecule has 4 aliphatic carbocycles. The van der Waals surface area contributed by atoms with Crippen LogP contribution in [0, 0.1) is 88.8 Å². The molecule has 3 heterocycles. The van der Waals surface area contributed by atoms with Gasteiger partial charge in [-0.05, 0) is 87.4 Å². The summed E-state index contributed by atoms with van der Waals surface area (Å²) in [7, 11) is 0. The first-order valence-electron chi connectivity index (χ1n) is 16.0. The fourth-order valence-electron chi connectivity index (χ4n) is 10.5. The van der Waals surface area contributed by atoms with E-state index in [2.05, 4.69) is 13.8 Å². The Morgan fingerprint density at radius 2 is 1.21 bits per heavy atom. The summed E-state index contributed by atoms with van der Waals surface area (Å²) in [6.07, 6.45) is 2.77. The first-order valence-corrected chi connectivity index (χ1v) is 16.0. The van der Waals surface area contributed by atoms with Gasteiger partial charge in [0, 0.05) is 5.92 Å². The summed E-state index contributed by atoms with van der Waals surface area (Å²) in [5.41, 5.74) is -0.504. The molecule has 0 spiro atoms. The van der Waals surface area contributed by atoms with Crippen LogP contribution >= 0.6 is 0 Å². The summed E-state index contributed by atoms with van der Waals surface area (Å²) in [5, 5.41) is 0. The minimum Gasteiger partial charge on any atom is -0.465 e. The van der Waals surface area contributed by atoms with Gasteiger partial charge in [-0.25, -0.2) is 0 Å². The highest BCUT2D eigenvalue weighted by atomic mass is 16.6. The zero-order valence-electron chi connectivity index (χ0n) is 26.1. The number of fused-ring (bicyclic) bond motifs is 7. The van der Waals surface area contributed by atoms with Gasteiger partial charge in [-0.3, -0.25) is 28.8 Å². The number of ether oxygens (including phenoxy) is 4. The third kappa shape index (κ3) is 4.73. The van der Waals surface area contributed by atoms with Crippen LogP contribution in [0.4, 0.5) is 0 Å². The monoisotopic (exact) mass is 600 g/mol. The molecule has 7 rings (SSSR count). The minimum atomic E-state index is -0.504. The van der Waals surface area contributed by atoms with Gasteiger partial charge in [0.1, 0.15) is 5.60 Å². The Hall–Kier alpha value is -2.78. The van der Waals surface area contributed by atoms with E-state index >= 15 is 0 Å². The van der Waals surface area contributed by atoms with Crippen molar-refractivity contribution in [3.63, 3.8) is 0 Å². The average Bonchev–Trinajstić information content (AvgIpc) is 3.75. The highest BCUT2D eigenvalue weighted by molar-refractivity contribution is 5.97. The van der Waals surface area contributed by atoms with Crippen molar-refractivity contribution in [3.05, 3.63) is 0 Å². The maximum Gasteiger partial charge on any atom is 0.317 e. The second kappa shape index (κ2) is 10.4. The van der Waals surface area contributed by atoms with Crippen LogP contribution in [0.5, 0.6) is 0 Å². The van der Waals surface area contributed by atoms with Gasteiger partial charge in [0.2, 0.25) is 0 Å². The molecule has 15 unspecified atom stereocenters. The second-order valence-corrected chi connectivity index (χ2v) is 15.4. The van der Waals surface area contributed by atoms with Crippen LogP contribution in [-0.4, -0.2) is 48.0 Å². The zero-order valence-corrected chi connectivity index (χ0v) is 26.1. The first kappa shape index (κ1) is 30.3. The second-order valence-electron chi connectivity index (χ2n) is 15.4. The topological polar surface area (TPSA) is 139 Å². The average molecular weight is 601 g/mol. The van der Waals surface area contributed by atoms with Crippen molar-refractivity contribution in [1.29, 1.82) is 0 Å². The number of hydrogen-bond donors (Lipinski definition) is 0. The molecule has 0 amide bonds. The van der Waals surface area contributed by atoms with Crippen LogP contribution in [0.3, 0.4) is 0 Å². The summed E-state index contributed by atoms with van der Waals surface area (Å²) in [6.45, 7) is 14.0. The summed E-state index contributed by atoms with van der Waals surface area (Å²) < 4.78 is 20.4. The molecule has 10 heteroatoms. The van der Waals surface area contributed by atoms with Crippen molar-refractivity contribution in [1.82, 2.24) is 0 Å². The summed E-state index contributed by atoms with van der Waals surface area (Å²) in [4.78, 5) is 72.0. The smallest absolute Gasteiger partial charge is 0.317 e.